The van der Waals surface area contributed by atoms with Crippen LogP contribution in [0.1, 0.15) is 85.0 Å². The molecule has 14 atom stereocenters. The van der Waals surface area contributed by atoms with Crippen molar-refractivity contribution in [3.05, 3.63) is 0 Å². The Bertz CT molecular complexity index is 950. The van der Waals surface area contributed by atoms with Gasteiger partial charge in [-0.05, 0) is 38.0 Å². The van der Waals surface area contributed by atoms with E-state index in [4.69, 9.17) is 23.7 Å². The van der Waals surface area contributed by atoms with Gasteiger partial charge in [0.05, 0.1) is 24.9 Å². The van der Waals surface area contributed by atoms with Crippen LogP contribution >= 0.6 is 0 Å². The molecule has 8 unspecified atom stereocenters. The molecule has 0 aromatic carbocycles. The van der Waals surface area contributed by atoms with E-state index in [0.717, 1.165) is 44.9 Å². The first-order valence-corrected chi connectivity index (χ1v) is 16.6. The summed E-state index contributed by atoms with van der Waals surface area (Å²) >= 11 is 0. The fourth-order valence-corrected chi connectivity index (χ4v) is 7.07. The predicted molar refractivity (Wildman–Crippen MR) is 157 cm³/mol. The van der Waals surface area contributed by atoms with E-state index in [1.807, 2.05) is 6.92 Å². The molecule has 4 aliphatic rings. The molecule has 2 aliphatic carbocycles. The molecule has 0 aromatic heterocycles. The zero-order valence-electron chi connectivity index (χ0n) is 26.5. The number of ether oxygens (including phenoxy) is 5. The van der Waals surface area contributed by atoms with Gasteiger partial charge in [-0.2, -0.15) is 0 Å². The highest BCUT2D eigenvalue weighted by Crippen LogP contribution is 2.36. The van der Waals surface area contributed by atoms with Crippen molar-refractivity contribution in [1.82, 2.24) is 5.32 Å². The molecule has 0 radical (unpaired) electrons. The molecular formula is C31H53NO13. The molecule has 4 rings (SSSR count). The molecule has 2 saturated carbocycles. The summed E-state index contributed by atoms with van der Waals surface area (Å²) in [4.78, 5) is 25.1. The van der Waals surface area contributed by atoms with Crippen LogP contribution < -0.4 is 5.32 Å². The van der Waals surface area contributed by atoms with Crippen molar-refractivity contribution in [1.29, 1.82) is 0 Å². The standard InChI is InChI=1S/C31H53NO13/c1-4-21(34)32-22-28(42-19(29(39)40)13-17-10-6-5-7-11-17)24(36)20(14-33)44-30(22)43-18-12-8-9-15(2)27(18)45-31-26(38)25(37)23(35)16(3)41-31/h15-20,22-28,30-31,33,35-38H,4-14H2,1-3H3,(H,32,34)(H,39,40)/t15?,16?,18-,19+,20?,22?,23-,24+,25?,26?,27?,28?,30-,31+/m1/s1. The van der Waals surface area contributed by atoms with Gasteiger partial charge in [0.15, 0.2) is 18.7 Å². The van der Waals surface area contributed by atoms with Crippen LogP contribution in [-0.2, 0) is 33.3 Å². The first kappa shape index (κ1) is 36.4. The predicted octanol–water partition coefficient (Wildman–Crippen LogP) is 0.186. The molecule has 45 heavy (non-hydrogen) atoms. The second kappa shape index (κ2) is 16.6. The lowest BCUT2D eigenvalue weighted by molar-refractivity contribution is -0.336. The molecule has 0 bridgehead atoms. The number of amides is 1. The summed E-state index contributed by atoms with van der Waals surface area (Å²) in [6.45, 7) is 4.54. The lowest BCUT2D eigenvalue weighted by Crippen LogP contribution is -2.67. The molecule has 14 heteroatoms. The average molecular weight is 648 g/mol. The third-order valence-corrected chi connectivity index (χ3v) is 9.86. The van der Waals surface area contributed by atoms with Crippen molar-refractivity contribution in [3.63, 3.8) is 0 Å². The van der Waals surface area contributed by atoms with E-state index in [-0.39, 0.29) is 24.7 Å². The Morgan fingerprint density at radius 2 is 1.56 bits per heavy atom. The Labute approximate surface area is 264 Å². The summed E-state index contributed by atoms with van der Waals surface area (Å²) in [5.41, 5.74) is 0. The van der Waals surface area contributed by atoms with Crippen LogP contribution in [0.5, 0.6) is 0 Å². The van der Waals surface area contributed by atoms with Crippen LogP contribution in [0, 0.1) is 11.8 Å². The number of hydrogen-bond donors (Lipinski definition) is 7. The zero-order chi connectivity index (χ0) is 32.8. The Balaban J connectivity index is 1.57. The summed E-state index contributed by atoms with van der Waals surface area (Å²) in [5, 5.41) is 65.3. The number of carbonyl (C=O) groups is 2. The number of carboxylic acid groups (broad SMARTS) is 1. The summed E-state index contributed by atoms with van der Waals surface area (Å²) in [7, 11) is 0. The molecule has 260 valence electrons. The largest absolute Gasteiger partial charge is 0.479 e. The minimum atomic E-state index is -1.52. The maximum atomic E-state index is 12.7. The van der Waals surface area contributed by atoms with E-state index >= 15 is 0 Å². The van der Waals surface area contributed by atoms with Gasteiger partial charge in [0.25, 0.3) is 0 Å². The molecule has 4 fully saturated rings. The summed E-state index contributed by atoms with van der Waals surface area (Å²) < 4.78 is 30.5. The van der Waals surface area contributed by atoms with Crippen molar-refractivity contribution in [2.75, 3.05) is 6.61 Å². The van der Waals surface area contributed by atoms with Gasteiger partial charge in [-0.3, -0.25) is 4.79 Å². The van der Waals surface area contributed by atoms with Crippen LogP contribution in [0.25, 0.3) is 0 Å². The van der Waals surface area contributed by atoms with Gasteiger partial charge in [0.2, 0.25) is 5.91 Å². The Kier molecular flexibility index (Phi) is 13.4. The van der Waals surface area contributed by atoms with Crippen LogP contribution in [0.15, 0.2) is 0 Å². The molecule has 7 N–H and O–H groups in total. The number of carboxylic acids is 1. The van der Waals surface area contributed by atoms with E-state index in [1.165, 1.54) is 0 Å². The highest BCUT2D eigenvalue weighted by atomic mass is 16.7. The van der Waals surface area contributed by atoms with Gasteiger partial charge in [0.1, 0.15) is 42.7 Å². The van der Waals surface area contributed by atoms with Crippen molar-refractivity contribution in [2.24, 2.45) is 11.8 Å². The van der Waals surface area contributed by atoms with Gasteiger partial charge in [-0.1, -0.05) is 52.4 Å². The quantitative estimate of drug-likeness (QED) is 0.151. The summed E-state index contributed by atoms with van der Waals surface area (Å²) in [6, 6.07) is -1.13. The first-order valence-electron chi connectivity index (χ1n) is 16.6. The normalized spacial score (nSPS) is 42.2. The van der Waals surface area contributed by atoms with E-state index in [9.17, 15) is 40.2 Å². The first-order chi connectivity index (χ1) is 21.4. The molecule has 1 amide bonds. The number of nitrogens with one attached hydrogen (secondary N) is 1. The third kappa shape index (κ3) is 8.92. The van der Waals surface area contributed by atoms with Gasteiger partial charge in [0, 0.05) is 6.42 Å². The number of hydrogen-bond acceptors (Lipinski definition) is 12. The monoisotopic (exact) mass is 647 g/mol. The number of carbonyl (C=O) groups excluding carboxylic acids is 1. The summed E-state index contributed by atoms with van der Waals surface area (Å²) in [6.07, 6.45) is -6.89. The fraction of sp³-hybridized carbons (Fsp3) is 0.935. The number of aliphatic carboxylic acids is 1. The van der Waals surface area contributed by atoms with Crippen molar-refractivity contribution >= 4 is 11.9 Å². The van der Waals surface area contributed by atoms with Crippen LogP contribution in [0.2, 0.25) is 0 Å². The molecule has 0 spiro atoms. The zero-order valence-corrected chi connectivity index (χ0v) is 26.5. The van der Waals surface area contributed by atoms with E-state index in [1.54, 1.807) is 13.8 Å². The number of aliphatic hydroxyl groups is 5. The van der Waals surface area contributed by atoms with E-state index in [0.29, 0.717) is 6.42 Å². The molecular weight excluding hydrogens is 594 g/mol. The van der Waals surface area contributed by atoms with Crippen LogP contribution in [0.4, 0.5) is 0 Å². The molecule has 0 aromatic rings. The average Bonchev–Trinajstić information content (AvgIpc) is 3.02. The highest BCUT2D eigenvalue weighted by molar-refractivity contribution is 5.76. The van der Waals surface area contributed by atoms with Gasteiger partial charge < -0.3 is 59.6 Å². The van der Waals surface area contributed by atoms with Gasteiger partial charge in [-0.15, -0.1) is 0 Å². The lowest BCUT2D eigenvalue weighted by atomic mass is 9.85. The second-order valence-corrected chi connectivity index (χ2v) is 13.2. The third-order valence-electron chi connectivity index (χ3n) is 9.86. The van der Waals surface area contributed by atoms with Crippen LogP contribution in [0.3, 0.4) is 0 Å². The molecule has 2 aliphatic heterocycles. The number of aliphatic hydroxyl groups excluding tert-OH is 5. The fourth-order valence-electron chi connectivity index (χ4n) is 7.07. The van der Waals surface area contributed by atoms with E-state index in [2.05, 4.69) is 5.32 Å². The maximum absolute atomic E-state index is 12.7. The van der Waals surface area contributed by atoms with Crippen molar-refractivity contribution in [2.45, 2.75) is 165 Å². The van der Waals surface area contributed by atoms with Crippen molar-refractivity contribution in [3.8, 4) is 0 Å². The van der Waals surface area contributed by atoms with Crippen molar-refractivity contribution < 1.29 is 63.9 Å². The minimum absolute atomic E-state index is 0.0926. The number of rotatable bonds is 12. The highest BCUT2D eigenvalue weighted by Gasteiger charge is 2.51. The second-order valence-electron chi connectivity index (χ2n) is 13.2. The minimum Gasteiger partial charge on any atom is -0.479 e. The van der Waals surface area contributed by atoms with Crippen LogP contribution in [-0.4, -0.2) is 129 Å². The lowest BCUT2D eigenvalue weighted by Gasteiger charge is -2.48. The van der Waals surface area contributed by atoms with Gasteiger partial charge >= 0.3 is 5.97 Å². The Hall–Kier alpha value is -1.46. The van der Waals surface area contributed by atoms with Gasteiger partial charge in [-0.25, -0.2) is 4.79 Å². The summed E-state index contributed by atoms with van der Waals surface area (Å²) in [5.74, 6) is -1.52. The maximum Gasteiger partial charge on any atom is 0.332 e. The molecule has 14 nitrogen and oxygen atoms in total. The SMILES string of the molecule is CCC(=O)NC1C(O[C@@H](CC2CCCCC2)C(=O)O)[C@@H](O)C(CO)O[C@H]1O[C@@H]1CCCC(C)C1O[C@@H]1OC(C)[C@@H](O)C(O)C1O. The molecule has 2 heterocycles. The Morgan fingerprint density at radius 1 is 0.844 bits per heavy atom. The van der Waals surface area contributed by atoms with E-state index < -0.39 is 98.1 Å². The topological polar surface area (TPSA) is 214 Å². The Morgan fingerprint density at radius 3 is 2.20 bits per heavy atom. The molecule has 2 saturated heterocycles. The smallest absolute Gasteiger partial charge is 0.332 e.